The largest absolute Gasteiger partial charge is 0.507 e. The summed E-state index contributed by atoms with van der Waals surface area (Å²) in [5.41, 5.74) is 0.668. The molecule has 42 heavy (non-hydrogen) atoms. The zero-order valence-corrected chi connectivity index (χ0v) is 22.7. The lowest BCUT2D eigenvalue weighted by atomic mass is 9.95. The maximum atomic E-state index is 12.9. The third kappa shape index (κ3) is 5.90. The topological polar surface area (TPSA) is 214 Å². The number of hydrogen-bond donors (Lipinski definition) is 7. The number of hydrogen-bond acceptors (Lipinski definition) is 14. The van der Waals surface area contributed by atoms with Crippen LogP contribution in [0.25, 0.3) is 0 Å². The number of ether oxygens (including phenoxy) is 6. The molecule has 0 aliphatic carbocycles. The molecule has 230 valence electrons. The predicted octanol–water partition coefficient (Wildman–Crippen LogP) is -0.862. The fourth-order valence-electron chi connectivity index (χ4n) is 5.11. The molecule has 2 aromatic rings. The molecule has 2 saturated heterocycles. The van der Waals surface area contributed by atoms with Gasteiger partial charge in [0.25, 0.3) is 0 Å². The molecule has 5 rings (SSSR count). The summed E-state index contributed by atoms with van der Waals surface area (Å²) in [7, 11) is 1.53. The van der Waals surface area contributed by atoms with Gasteiger partial charge in [-0.05, 0) is 24.6 Å². The van der Waals surface area contributed by atoms with Crippen LogP contribution in [-0.4, -0.2) is 117 Å². The SMILES string of the molecule is COc1ccc([C@@H]2CC(=O)c3c(O)cc(O[C@@H]4O[C@H](CO[C@@H]5O[C@H](C)[C@@H](O)[C@H](O)[C@H]5O)[C@@H](O)[C@H](O)[C@H]4O)cc3O2)cc1. The fraction of sp³-hybridized carbons (Fsp3) is 0.536. The molecule has 3 aliphatic rings. The number of fused-ring (bicyclic) bond motifs is 1. The highest BCUT2D eigenvalue weighted by atomic mass is 16.7. The average molecular weight is 595 g/mol. The number of aliphatic hydroxyl groups excluding tert-OH is 6. The van der Waals surface area contributed by atoms with Crippen LogP contribution in [0.5, 0.6) is 23.0 Å². The quantitative estimate of drug-likeness (QED) is 0.208. The van der Waals surface area contributed by atoms with Crippen LogP contribution in [0.4, 0.5) is 0 Å². The lowest BCUT2D eigenvalue weighted by Gasteiger charge is -2.42. The molecule has 0 unspecified atom stereocenters. The van der Waals surface area contributed by atoms with Crippen molar-refractivity contribution in [3.8, 4) is 23.0 Å². The highest BCUT2D eigenvalue weighted by Gasteiger charge is 2.47. The molecule has 2 fully saturated rings. The Balaban J connectivity index is 1.29. The van der Waals surface area contributed by atoms with E-state index < -0.39 is 79.9 Å². The minimum atomic E-state index is -1.75. The number of Topliss-reactive ketones (excluding diaryl/α,β-unsaturated/α-hetero) is 1. The summed E-state index contributed by atoms with van der Waals surface area (Å²) in [6, 6.07) is 9.43. The predicted molar refractivity (Wildman–Crippen MR) is 139 cm³/mol. The van der Waals surface area contributed by atoms with Gasteiger partial charge in [0.2, 0.25) is 6.29 Å². The number of phenolic OH excluding ortho intramolecular Hbond substituents is 1. The standard InChI is InChI=1S/C28H34O14/c1-11-21(31)23(33)25(35)27(39-11)38-10-19-22(32)24(34)26(36)28(42-19)40-14-7-15(29)20-16(30)9-17(41-18(20)8-14)12-3-5-13(37-2)6-4-12/h3-8,11,17,19,21-29,31-36H,9-10H2,1-2H3/t11-,17+,19-,21-,22-,23+,24+,25-,26-,27-,28-/m1/s1. The minimum absolute atomic E-state index is 0.0164. The third-order valence-electron chi connectivity index (χ3n) is 7.62. The Morgan fingerprint density at radius 2 is 1.50 bits per heavy atom. The Morgan fingerprint density at radius 1 is 0.833 bits per heavy atom. The van der Waals surface area contributed by atoms with Crippen molar-refractivity contribution in [3.05, 3.63) is 47.5 Å². The van der Waals surface area contributed by atoms with Gasteiger partial charge >= 0.3 is 0 Å². The first-order valence-corrected chi connectivity index (χ1v) is 13.4. The van der Waals surface area contributed by atoms with Gasteiger partial charge in [-0.3, -0.25) is 4.79 Å². The molecule has 0 amide bonds. The first-order valence-electron chi connectivity index (χ1n) is 13.4. The Morgan fingerprint density at radius 3 is 2.19 bits per heavy atom. The van der Waals surface area contributed by atoms with E-state index in [-0.39, 0.29) is 29.3 Å². The van der Waals surface area contributed by atoms with Crippen molar-refractivity contribution in [1.82, 2.24) is 0 Å². The number of carbonyl (C=O) groups excluding carboxylic acids is 1. The van der Waals surface area contributed by atoms with Crippen LogP contribution in [0.3, 0.4) is 0 Å². The van der Waals surface area contributed by atoms with Crippen molar-refractivity contribution >= 4 is 5.78 Å². The molecular weight excluding hydrogens is 560 g/mol. The number of rotatable bonds is 7. The molecule has 0 aromatic heterocycles. The van der Waals surface area contributed by atoms with Crippen LogP contribution in [0, 0.1) is 0 Å². The number of carbonyl (C=O) groups is 1. The van der Waals surface area contributed by atoms with Crippen LogP contribution >= 0.6 is 0 Å². The minimum Gasteiger partial charge on any atom is -0.507 e. The summed E-state index contributed by atoms with van der Waals surface area (Å²) in [5, 5.41) is 72.1. The van der Waals surface area contributed by atoms with E-state index in [1.54, 1.807) is 24.3 Å². The lowest BCUT2D eigenvalue weighted by molar-refractivity contribution is -0.318. The molecule has 0 spiro atoms. The summed E-state index contributed by atoms with van der Waals surface area (Å²) in [6.07, 6.45) is -15.4. The Labute approximate surface area is 240 Å². The van der Waals surface area contributed by atoms with Gasteiger partial charge < -0.3 is 64.2 Å². The van der Waals surface area contributed by atoms with Gasteiger partial charge in [-0.2, -0.15) is 0 Å². The van der Waals surface area contributed by atoms with Gasteiger partial charge in [0, 0.05) is 12.1 Å². The molecule has 3 aliphatic heterocycles. The third-order valence-corrected chi connectivity index (χ3v) is 7.62. The van der Waals surface area contributed by atoms with Crippen LogP contribution in [0.1, 0.15) is 35.4 Å². The van der Waals surface area contributed by atoms with Crippen molar-refractivity contribution in [2.45, 2.75) is 80.9 Å². The van der Waals surface area contributed by atoms with Crippen molar-refractivity contribution < 1.29 is 69.0 Å². The Bertz CT molecular complexity index is 1250. The molecular formula is C28H34O14. The summed E-state index contributed by atoms with van der Waals surface area (Å²) < 4.78 is 33.4. The highest BCUT2D eigenvalue weighted by Crippen LogP contribution is 2.42. The molecule has 3 heterocycles. The number of phenols is 1. The summed E-state index contributed by atoms with van der Waals surface area (Å²) >= 11 is 0. The zero-order valence-electron chi connectivity index (χ0n) is 22.7. The lowest BCUT2D eigenvalue weighted by Crippen LogP contribution is -2.61. The highest BCUT2D eigenvalue weighted by molar-refractivity contribution is 6.02. The van der Waals surface area contributed by atoms with Gasteiger partial charge in [0.05, 0.1) is 26.2 Å². The average Bonchev–Trinajstić information content (AvgIpc) is 2.97. The van der Waals surface area contributed by atoms with Crippen molar-refractivity contribution in [2.75, 3.05) is 13.7 Å². The second-order valence-electron chi connectivity index (χ2n) is 10.5. The first-order chi connectivity index (χ1) is 20.0. The van der Waals surface area contributed by atoms with E-state index in [2.05, 4.69) is 0 Å². The summed E-state index contributed by atoms with van der Waals surface area (Å²) in [4.78, 5) is 12.9. The molecule has 0 saturated carbocycles. The number of methoxy groups -OCH3 is 1. The van der Waals surface area contributed by atoms with E-state index in [0.29, 0.717) is 11.3 Å². The normalized spacial score (nSPS) is 36.6. The number of ketones is 1. The Hall–Kier alpha value is -3.05. The van der Waals surface area contributed by atoms with Gasteiger partial charge in [-0.1, -0.05) is 12.1 Å². The first kappa shape index (κ1) is 30.4. The monoisotopic (exact) mass is 594 g/mol. The summed E-state index contributed by atoms with van der Waals surface area (Å²) in [5.74, 6) is -0.190. The smallest absolute Gasteiger partial charge is 0.229 e. The van der Waals surface area contributed by atoms with Crippen molar-refractivity contribution in [1.29, 1.82) is 0 Å². The van der Waals surface area contributed by atoms with Gasteiger partial charge in [-0.15, -0.1) is 0 Å². The number of aliphatic hydroxyl groups is 6. The summed E-state index contributed by atoms with van der Waals surface area (Å²) in [6.45, 7) is 0.995. The molecule has 0 radical (unpaired) electrons. The van der Waals surface area contributed by atoms with E-state index in [0.717, 1.165) is 6.07 Å². The Kier molecular flexibility index (Phi) is 8.89. The molecule has 2 aromatic carbocycles. The van der Waals surface area contributed by atoms with E-state index in [1.165, 1.54) is 20.1 Å². The maximum absolute atomic E-state index is 12.9. The van der Waals surface area contributed by atoms with Crippen LogP contribution in [0.15, 0.2) is 36.4 Å². The van der Waals surface area contributed by atoms with Crippen molar-refractivity contribution in [2.24, 2.45) is 0 Å². The van der Waals surface area contributed by atoms with E-state index in [1.807, 2.05) is 0 Å². The van der Waals surface area contributed by atoms with E-state index >= 15 is 0 Å². The molecule has 11 atom stereocenters. The number of benzene rings is 2. The van der Waals surface area contributed by atoms with E-state index in [4.69, 9.17) is 28.4 Å². The van der Waals surface area contributed by atoms with Crippen molar-refractivity contribution in [3.63, 3.8) is 0 Å². The van der Waals surface area contributed by atoms with Gasteiger partial charge in [0.15, 0.2) is 12.1 Å². The molecule has 0 bridgehead atoms. The molecule has 7 N–H and O–H groups in total. The second-order valence-corrected chi connectivity index (χ2v) is 10.5. The maximum Gasteiger partial charge on any atom is 0.229 e. The van der Waals surface area contributed by atoms with E-state index in [9.17, 15) is 40.5 Å². The molecule has 14 nitrogen and oxygen atoms in total. The van der Waals surface area contributed by atoms with Gasteiger partial charge in [-0.25, -0.2) is 0 Å². The fourth-order valence-corrected chi connectivity index (χ4v) is 5.11. The van der Waals surface area contributed by atoms with Gasteiger partial charge in [0.1, 0.15) is 77.4 Å². The molecule has 14 heteroatoms. The number of aromatic hydroxyl groups is 1. The van der Waals surface area contributed by atoms with Crippen LogP contribution < -0.4 is 14.2 Å². The zero-order chi connectivity index (χ0) is 30.3. The van der Waals surface area contributed by atoms with Crippen LogP contribution in [-0.2, 0) is 14.2 Å². The second kappa shape index (κ2) is 12.3. The van der Waals surface area contributed by atoms with Crippen LogP contribution in [0.2, 0.25) is 0 Å².